The van der Waals surface area contributed by atoms with Crippen molar-refractivity contribution in [3.8, 4) is 0 Å². The van der Waals surface area contributed by atoms with E-state index < -0.39 is 5.82 Å². The molecule has 0 spiro atoms. The van der Waals surface area contributed by atoms with Crippen molar-refractivity contribution in [3.63, 3.8) is 0 Å². The Labute approximate surface area is 121 Å². The second-order valence-corrected chi connectivity index (χ2v) is 5.08. The highest BCUT2D eigenvalue weighted by Gasteiger charge is 2.20. The summed E-state index contributed by atoms with van der Waals surface area (Å²) in [6.07, 6.45) is 0. The predicted molar refractivity (Wildman–Crippen MR) is 75.3 cm³/mol. The molecule has 1 amide bonds. The number of carbonyl (C=O) groups excluding carboxylic acids is 1. The Hall–Kier alpha value is -1.88. The number of hydrogen-bond acceptors (Lipinski definition) is 2. The number of benzene rings is 1. The van der Waals surface area contributed by atoms with Crippen LogP contribution < -0.4 is 0 Å². The van der Waals surface area contributed by atoms with Gasteiger partial charge in [0.05, 0.1) is 11.3 Å². The van der Waals surface area contributed by atoms with Gasteiger partial charge in [-0.05, 0) is 26.0 Å². The van der Waals surface area contributed by atoms with Gasteiger partial charge in [0.1, 0.15) is 5.82 Å². The van der Waals surface area contributed by atoms with E-state index in [1.165, 1.54) is 17.0 Å². The van der Waals surface area contributed by atoms with Crippen LogP contribution in [0.5, 0.6) is 0 Å². The normalized spacial score (nSPS) is 10.7. The lowest BCUT2D eigenvalue weighted by molar-refractivity contribution is 0.0782. The number of hydrogen-bond donors (Lipinski definition) is 1. The average molecular weight is 296 g/mol. The molecule has 0 fully saturated rings. The highest BCUT2D eigenvalue weighted by atomic mass is 35.5. The summed E-state index contributed by atoms with van der Waals surface area (Å²) in [6, 6.07) is 4.47. The lowest BCUT2D eigenvalue weighted by Crippen LogP contribution is -2.27. The Morgan fingerprint density at radius 1 is 1.45 bits per heavy atom. The third-order valence-electron chi connectivity index (χ3n) is 3.15. The highest BCUT2D eigenvalue weighted by molar-refractivity contribution is 6.31. The lowest BCUT2D eigenvalue weighted by Gasteiger charge is -2.18. The summed E-state index contributed by atoms with van der Waals surface area (Å²) in [5.41, 5.74) is 2.14. The second kappa shape index (κ2) is 5.63. The Bertz CT molecular complexity index is 614. The maximum atomic E-state index is 13.7. The van der Waals surface area contributed by atoms with Gasteiger partial charge in [0, 0.05) is 29.9 Å². The van der Waals surface area contributed by atoms with Crippen molar-refractivity contribution in [3.05, 3.63) is 51.6 Å². The zero-order valence-corrected chi connectivity index (χ0v) is 12.3. The standard InChI is InChI=1S/C14H15ClFN3O/c1-8-13(9(2)18-17-8)14(20)19(3)7-10-11(15)5-4-6-12(10)16/h4-6H,7H2,1-3H3,(H,17,18). The van der Waals surface area contributed by atoms with Crippen LogP contribution in [0.3, 0.4) is 0 Å². The summed E-state index contributed by atoms with van der Waals surface area (Å²) in [5.74, 6) is -0.633. The first-order valence-corrected chi connectivity index (χ1v) is 6.49. The Morgan fingerprint density at radius 2 is 2.15 bits per heavy atom. The Balaban J connectivity index is 2.25. The topological polar surface area (TPSA) is 49.0 Å². The summed E-state index contributed by atoms with van der Waals surface area (Å²) in [4.78, 5) is 13.8. The zero-order chi connectivity index (χ0) is 14.9. The maximum Gasteiger partial charge on any atom is 0.257 e. The number of nitrogens with zero attached hydrogens (tertiary/aromatic N) is 2. The van der Waals surface area contributed by atoms with Crippen molar-refractivity contribution >= 4 is 17.5 Å². The van der Waals surface area contributed by atoms with E-state index in [0.29, 0.717) is 27.5 Å². The van der Waals surface area contributed by atoms with Crippen LogP contribution in [0, 0.1) is 19.7 Å². The molecule has 0 aliphatic heterocycles. The molecule has 0 saturated heterocycles. The molecule has 1 N–H and O–H groups in total. The number of carbonyl (C=O) groups is 1. The number of H-pyrrole nitrogens is 1. The van der Waals surface area contributed by atoms with Crippen molar-refractivity contribution in [1.82, 2.24) is 15.1 Å². The van der Waals surface area contributed by atoms with E-state index in [-0.39, 0.29) is 12.5 Å². The Morgan fingerprint density at radius 3 is 2.70 bits per heavy atom. The van der Waals surface area contributed by atoms with Crippen LogP contribution >= 0.6 is 11.6 Å². The largest absolute Gasteiger partial charge is 0.337 e. The predicted octanol–water partition coefficient (Wildman–Crippen LogP) is 3.09. The third kappa shape index (κ3) is 2.67. The van der Waals surface area contributed by atoms with Crippen LogP contribution in [0.1, 0.15) is 27.3 Å². The van der Waals surface area contributed by atoms with Crippen LogP contribution in [0.4, 0.5) is 4.39 Å². The van der Waals surface area contributed by atoms with Crippen molar-refractivity contribution in [1.29, 1.82) is 0 Å². The van der Waals surface area contributed by atoms with Gasteiger partial charge in [-0.15, -0.1) is 0 Å². The molecule has 0 unspecified atom stereocenters. The summed E-state index contributed by atoms with van der Waals surface area (Å²) in [6.45, 7) is 3.63. The fourth-order valence-corrected chi connectivity index (χ4v) is 2.27. The second-order valence-electron chi connectivity index (χ2n) is 4.67. The molecule has 6 heteroatoms. The first kappa shape index (κ1) is 14.5. The first-order chi connectivity index (χ1) is 9.41. The fourth-order valence-electron chi connectivity index (χ4n) is 2.05. The van der Waals surface area contributed by atoms with Crippen LogP contribution in [-0.4, -0.2) is 28.1 Å². The van der Waals surface area contributed by atoms with E-state index in [1.54, 1.807) is 27.0 Å². The van der Waals surface area contributed by atoms with Crippen molar-refractivity contribution in [2.24, 2.45) is 0 Å². The number of rotatable bonds is 3. The third-order valence-corrected chi connectivity index (χ3v) is 3.50. The number of aryl methyl sites for hydroxylation is 2. The maximum absolute atomic E-state index is 13.7. The summed E-state index contributed by atoms with van der Waals surface area (Å²) in [5, 5.41) is 7.06. The van der Waals surface area contributed by atoms with Gasteiger partial charge in [0.15, 0.2) is 0 Å². The first-order valence-electron chi connectivity index (χ1n) is 6.11. The molecule has 0 bridgehead atoms. The van der Waals surface area contributed by atoms with Gasteiger partial charge in [-0.3, -0.25) is 9.89 Å². The van der Waals surface area contributed by atoms with Crippen LogP contribution in [0.2, 0.25) is 5.02 Å². The smallest absolute Gasteiger partial charge is 0.257 e. The van der Waals surface area contributed by atoms with E-state index >= 15 is 0 Å². The minimum atomic E-state index is -0.419. The van der Waals surface area contributed by atoms with Gasteiger partial charge < -0.3 is 4.90 Å². The molecule has 0 aliphatic carbocycles. The number of halogens is 2. The van der Waals surface area contributed by atoms with Crippen LogP contribution in [-0.2, 0) is 6.54 Å². The average Bonchev–Trinajstić information content (AvgIpc) is 2.72. The van der Waals surface area contributed by atoms with Gasteiger partial charge in [0.25, 0.3) is 5.91 Å². The van der Waals surface area contributed by atoms with E-state index in [2.05, 4.69) is 10.2 Å². The monoisotopic (exact) mass is 295 g/mol. The van der Waals surface area contributed by atoms with Gasteiger partial charge >= 0.3 is 0 Å². The van der Waals surface area contributed by atoms with E-state index in [1.807, 2.05) is 0 Å². The van der Waals surface area contributed by atoms with Gasteiger partial charge in [-0.2, -0.15) is 5.10 Å². The van der Waals surface area contributed by atoms with Gasteiger partial charge in [-0.1, -0.05) is 17.7 Å². The molecule has 20 heavy (non-hydrogen) atoms. The summed E-state index contributed by atoms with van der Waals surface area (Å²) < 4.78 is 13.7. The van der Waals surface area contributed by atoms with Gasteiger partial charge in [-0.25, -0.2) is 4.39 Å². The van der Waals surface area contributed by atoms with E-state index in [9.17, 15) is 9.18 Å². The van der Waals surface area contributed by atoms with E-state index in [0.717, 1.165) is 0 Å². The quantitative estimate of drug-likeness (QED) is 0.946. The molecule has 0 aliphatic rings. The minimum Gasteiger partial charge on any atom is -0.337 e. The number of amides is 1. The molecular formula is C14H15ClFN3O. The van der Waals surface area contributed by atoms with Crippen LogP contribution in [0.15, 0.2) is 18.2 Å². The van der Waals surface area contributed by atoms with Crippen molar-refractivity contribution in [2.45, 2.75) is 20.4 Å². The summed E-state index contributed by atoms with van der Waals surface area (Å²) in [7, 11) is 1.61. The number of aromatic amines is 1. The van der Waals surface area contributed by atoms with Crippen molar-refractivity contribution in [2.75, 3.05) is 7.05 Å². The van der Waals surface area contributed by atoms with Gasteiger partial charge in [0.2, 0.25) is 0 Å². The molecule has 0 saturated carbocycles. The molecule has 0 radical (unpaired) electrons. The number of nitrogens with one attached hydrogen (secondary N) is 1. The molecule has 2 aromatic rings. The van der Waals surface area contributed by atoms with E-state index in [4.69, 9.17) is 11.6 Å². The highest BCUT2D eigenvalue weighted by Crippen LogP contribution is 2.21. The molecule has 1 aromatic carbocycles. The minimum absolute atomic E-state index is 0.106. The SMILES string of the molecule is Cc1n[nH]c(C)c1C(=O)N(C)Cc1c(F)cccc1Cl. The molecule has 1 aromatic heterocycles. The number of aromatic nitrogens is 2. The molecule has 0 atom stereocenters. The zero-order valence-electron chi connectivity index (χ0n) is 11.5. The molecular weight excluding hydrogens is 281 g/mol. The molecule has 1 heterocycles. The fraction of sp³-hybridized carbons (Fsp3) is 0.286. The molecule has 4 nitrogen and oxygen atoms in total. The molecule has 2 rings (SSSR count). The Kier molecular flexibility index (Phi) is 4.09. The lowest BCUT2D eigenvalue weighted by atomic mass is 10.1. The van der Waals surface area contributed by atoms with Crippen LogP contribution in [0.25, 0.3) is 0 Å². The molecule has 106 valence electrons. The van der Waals surface area contributed by atoms with Crippen molar-refractivity contribution < 1.29 is 9.18 Å². The summed E-state index contributed by atoms with van der Waals surface area (Å²) >= 11 is 5.97.